The number of ether oxygens (including phenoxy) is 1. The average molecular weight is 1250 g/mol. The lowest BCUT2D eigenvalue weighted by Crippen LogP contribution is -2.45. The first-order valence-corrected chi connectivity index (χ1v) is 40.8. The van der Waals surface area contributed by atoms with Gasteiger partial charge in [0.2, 0.25) is 5.91 Å². The molecule has 0 saturated heterocycles. The topological polar surface area (TPSA) is 95.9 Å². The predicted molar refractivity (Wildman–Crippen MR) is 393 cm³/mol. The van der Waals surface area contributed by atoms with Crippen molar-refractivity contribution in [1.29, 1.82) is 0 Å². The summed E-state index contributed by atoms with van der Waals surface area (Å²) in [6, 6.07) is -0.628. The highest BCUT2D eigenvalue weighted by molar-refractivity contribution is 5.76. The van der Waals surface area contributed by atoms with Crippen molar-refractivity contribution in [3.05, 3.63) is 36.5 Å². The lowest BCUT2D eigenvalue weighted by Gasteiger charge is -2.20. The largest absolute Gasteiger partial charge is 0.466 e. The van der Waals surface area contributed by atoms with Crippen LogP contribution in [0.5, 0.6) is 0 Å². The normalized spacial score (nSPS) is 12.6. The number of amides is 1. The number of aliphatic hydroxyl groups is 2. The molecule has 0 rings (SSSR count). The number of nitrogens with one attached hydrogen (secondary N) is 1. The molecule has 89 heavy (non-hydrogen) atoms. The van der Waals surface area contributed by atoms with Crippen molar-refractivity contribution < 1.29 is 24.5 Å². The molecule has 2 unspecified atom stereocenters. The lowest BCUT2D eigenvalue weighted by molar-refractivity contribution is -0.143. The average Bonchev–Trinajstić information content (AvgIpc) is 3.64. The first-order chi connectivity index (χ1) is 44.0. The molecular weight excluding hydrogens is 1090 g/mol. The van der Waals surface area contributed by atoms with Crippen LogP contribution in [-0.2, 0) is 14.3 Å². The molecule has 1 amide bonds. The van der Waals surface area contributed by atoms with Gasteiger partial charge in [0, 0.05) is 12.8 Å². The zero-order valence-electron chi connectivity index (χ0n) is 60.4. The third-order valence-corrected chi connectivity index (χ3v) is 19.1. The number of esters is 1. The molecule has 0 fully saturated rings. The van der Waals surface area contributed by atoms with Crippen molar-refractivity contribution in [2.45, 2.75) is 469 Å². The second kappa shape index (κ2) is 78.5. The van der Waals surface area contributed by atoms with E-state index in [-0.39, 0.29) is 18.5 Å². The van der Waals surface area contributed by atoms with Gasteiger partial charge in [-0.15, -0.1) is 0 Å². The van der Waals surface area contributed by atoms with E-state index in [1.165, 1.54) is 385 Å². The van der Waals surface area contributed by atoms with E-state index in [1.54, 1.807) is 6.08 Å². The van der Waals surface area contributed by atoms with E-state index in [0.717, 1.165) is 44.9 Å². The Morgan fingerprint density at radius 1 is 0.303 bits per heavy atom. The Morgan fingerprint density at radius 3 is 0.798 bits per heavy atom. The summed E-state index contributed by atoms with van der Waals surface area (Å²) in [5.41, 5.74) is 0. The van der Waals surface area contributed by atoms with E-state index in [0.29, 0.717) is 19.4 Å². The first-order valence-electron chi connectivity index (χ1n) is 40.8. The van der Waals surface area contributed by atoms with Crippen molar-refractivity contribution in [2.75, 3.05) is 13.2 Å². The van der Waals surface area contributed by atoms with E-state index in [4.69, 9.17) is 4.74 Å². The quantitative estimate of drug-likeness (QED) is 0.0320. The van der Waals surface area contributed by atoms with Gasteiger partial charge in [0.15, 0.2) is 0 Å². The minimum atomic E-state index is -0.845. The number of unbranched alkanes of at least 4 members (excludes halogenated alkanes) is 62. The van der Waals surface area contributed by atoms with E-state index in [9.17, 15) is 19.8 Å². The van der Waals surface area contributed by atoms with Crippen LogP contribution in [0.2, 0.25) is 0 Å². The molecule has 526 valence electrons. The Labute approximate surface area is 557 Å². The number of aliphatic hydroxyl groups excluding tert-OH is 2. The third-order valence-electron chi connectivity index (χ3n) is 19.1. The maximum atomic E-state index is 12.6. The molecule has 0 spiro atoms. The Morgan fingerprint density at radius 2 is 0.528 bits per heavy atom. The predicted octanol–water partition coefficient (Wildman–Crippen LogP) is 27.0. The molecule has 0 heterocycles. The van der Waals surface area contributed by atoms with Crippen LogP contribution in [0.3, 0.4) is 0 Å². The van der Waals surface area contributed by atoms with Gasteiger partial charge in [0.05, 0.1) is 25.4 Å². The van der Waals surface area contributed by atoms with Crippen LogP contribution < -0.4 is 5.32 Å². The van der Waals surface area contributed by atoms with Crippen molar-refractivity contribution >= 4 is 11.9 Å². The molecule has 0 radical (unpaired) electrons. The number of carbonyl (C=O) groups excluding carboxylic acids is 2. The third kappa shape index (κ3) is 75.0. The monoisotopic (exact) mass is 1250 g/mol. The van der Waals surface area contributed by atoms with Gasteiger partial charge in [-0.05, 0) is 83.5 Å². The molecule has 0 aliphatic rings. The maximum Gasteiger partial charge on any atom is 0.305 e. The fraction of sp³-hybridized carbons (Fsp3) is 0.904. The summed E-state index contributed by atoms with van der Waals surface area (Å²) in [7, 11) is 0. The maximum absolute atomic E-state index is 12.6. The number of allylic oxidation sites excluding steroid dienone is 5. The number of hydrogen-bond acceptors (Lipinski definition) is 5. The Hall–Kier alpha value is -1.92. The van der Waals surface area contributed by atoms with E-state index < -0.39 is 12.1 Å². The molecule has 2 atom stereocenters. The Kier molecular flexibility index (Phi) is 76.8. The van der Waals surface area contributed by atoms with Gasteiger partial charge in [-0.1, -0.05) is 397 Å². The summed E-state index contributed by atoms with van der Waals surface area (Å²) in [5.74, 6) is -0.0499. The molecule has 6 heteroatoms. The second-order valence-electron chi connectivity index (χ2n) is 28.1. The molecule has 0 aliphatic carbocycles. The van der Waals surface area contributed by atoms with Crippen LogP contribution in [-0.4, -0.2) is 47.4 Å². The van der Waals surface area contributed by atoms with Gasteiger partial charge in [-0.2, -0.15) is 0 Å². The number of hydrogen-bond donors (Lipinski definition) is 3. The Balaban J connectivity index is 3.39. The summed E-state index contributed by atoms with van der Waals surface area (Å²) in [5, 5.41) is 23.3. The van der Waals surface area contributed by atoms with Crippen molar-refractivity contribution in [2.24, 2.45) is 0 Å². The molecule has 3 N–H and O–H groups in total. The number of carbonyl (C=O) groups is 2. The highest BCUT2D eigenvalue weighted by atomic mass is 16.5. The summed E-state index contributed by atoms with van der Waals surface area (Å²) in [4.78, 5) is 24.7. The van der Waals surface area contributed by atoms with Gasteiger partial charge in [0.1, 0.15) is 0 Å². The van der Waals surface area contributed by atoms with Crippen molar-refractivity contribution in [3.8, 4) is 0 Å². The fourth-order valence-corrected chi connectivity index (χ4v) is 12.9. The van der Waals surface area contributed by atoms with E-state index >= 15 is 0 Å². The van der Waals surface area contributed by atoms with Gasteiger partial charge < -0.3 is 20.3 Å². The minimum absolute atomic E-state index is 0.0109. The minimum Gasteiger partial charge on any atom is -0.466 e. The molecular formula is C83H159NO5. The summed E-state index contributed by atoms with van der Waals surface area (Å²) >= 11 is 0. The fourth-order valence-electron chi connectivity index (χ4n) is 12.9. The van der Waals surface area contributed by atoms with Crippen LogP contribution in [0.4, 0.5) is 0 Å². The zero-order chi connectivity index (χ0) is 64.2. The molecule has 0 aromatic heterocycles. The van der Waals surface area contributed by atoms with E-state index in [1.807, 2.05) is 6.08 Å². The molecule has 0 aliphatic heterocycles. The first kappa shape index (κ1) is 87.1. The molecule has 0 aromatic carbocycles. The summed E-state index contributed by atoms with van der Waals surface area (Å²) < 4.78 is 5.50. The highest BCUT2D eigenvalue weighted by Gasteiger charge is 2.18. The smallest absolute Gasteiger partial charge is 0.305 e. The molecule has 6 nitrogen and oxygen atoms in total. The van der Waals surface area contributed by atoms with Crippen molar-refractivity contribution in [3.63, 3.8) is 0 Å². The molecule has 0 aromatic rings. The summed E-state index contributed by atoms with van der Waals surface area (Å²) in [6.07, 6.45) is 103. The Bertz CT molecular complexity index is 1440. The SMILES string of the molecule is CCCCCCCCC/C=C\CCCCCCCC(=O)OCCCCCCCCCCCCCC/C=C\CCCCCCCCCCCCCCCCCC(=O)NC(CO)C(O)/C=C/CCCCCCCCCCCCCCCCCCCCCCCCC. The van der Waals surface area contributed by atoms with Gasteiger partial charge in [0.25, 0.3) is 0 Å². The van der Waals surface area contributed by atoms with Crippen LogP contribution in [0.1, 0.15) is 457 Å². The van der Waals surface area contributed by atoms with E-state index in [2.05, 4.69) is 43.5 Å². The van der Waals surface area contributed by atoms with Crippen LogP contribution >= 0.6 is 0 Å². The highest BCUT2D eigenvalue weighted by Crippen LogP contribution is 2.20. The summed E-state index contributed by atoms with van der Waals surface area (Å²) in [6.45, 7) is 4.95. The van der Waals surface area contributed by atoms with Gasteiger partial charge >= 0.3 is 5.97 Å². The standard InChI is InChI=1S/C83H159NO5/c1-3-5-7-9-11-13-15-17-19-21-22-23-24-32-35-38-41-44-47-51-55-59-63-67-71-75-81(86)80(79-85)84-82(87)76-72-68-64-60-56-52-48-45-42-39-36-33-30-28-26-25-27-29-31-34-37-40-43-46-50-54-58-62-66-70-74-78-89-83(88)77-73-69-65-61-57-53-49-20-18-16-14-12-10-8-6-4-2/h20,27,29,49,71,75,80-81,85-86H,3-19,21-26,28,30-48,50-70,72-74,76-79H2,1-2H3,(H,84,87)/b29-27-,49-20-,75-71+. The lowest BCUT2D eigenvalue weighted by atomic mass is 10.0. The van der Waals surface area contributed by atoms with Crippen molar-refractivity contribution in [1.82, 2.24) is 5.32 Å². The molecule has 0 saturated carbocycles. The number of rotatable bonds is 77. The van der Waals surface area contributed by atoms with Gasteiger partial charge in [-0.3, -0.25) is 9.59 Å². The van der Waals surface area contributed by atoms with Crippen LogP contribution in [0.15, 0.2) is 36.5 Å². The van der Waals surface area contributed by atoms with Crippen LogP contribution in [0.25, 0.3) is 0 Å². The van der Waals surface area contributed by atoms with Gasteiger partial charge in [-0.25, -0.2) is 0 Å². The molecule has 0 bridgehead atoms. The zero-order valence-corrected chi connectivity index (χ0v) is 60.4. The second-order valence-corrected chi connectivity index (χ2v) is 28.1. The van der Waals surface area contributed by atoms with Crippen LogP contribution in [0, 0.1) is 0 Å².